The predicted molar refractivity (Wildman–Crippen MR) is 83.7 cm³/mol. The van der Waals surface area contributed by atoms with E-state index in [4.69, 9.17) is 10.6 Å². The number of ether oxygens (including phenoxy) is 1. The Balaban J connectivity index is 2.02. The van der Waals surface area contributed by atoms with Gasteiger partial charge in [0.2, 0.25) is 0 Å². The minimum atomic E-state index is -4.49. The van der Waals surface area contributed by atoms with Crippen LogP contribution < -0.4 is 21.3 Å². The maximum atomic E-state index is 12.7. The van der Waals surface area contributed by atoms with Crippen molar-refractivity contribution in [1.82, 2.24) is 5.43 Å². The molecule has 0 bridgehead atoms. The number of rotatable bonds is 5. The average Bonchev–Trinajstić information content (AvgIpc) is 2.59. The third-order valence-electron chi connectivity index (χ3n) is 3.10. The van der Waals surface area contributed by atoms with Gasteiger partial charge in [0.25, 0.3) is 11.8 Å². The Labute approximate surface area is 140 Å². The van der Waals surface area contributed by atoms with Crippen molar-refractivity contribution in [3.8, 4) is 5.75 Å². The lowest BCUT2D eigenvalue weighted by Crippen LogP contribution is -2.34. The molecule has 0 fully saturated rings. The number of alkyl halides is 3. The molecule has 0 saturated carbocycles. The number of carbonyl (C=O) groups excluding carboxylic acids is 2. The monoisotopic (exact) mass is 353 g/mol. The summed E-state index contributed by atoms with van der Waals surface area (Å²) in [6.45, 7) is -0.285. The highest BCUT2D eigenvalue weighted by Gasteiger charge is 2.30. The van der Waals surface area contributed by atoms with Gasteiger partial charge in [-0.2, -0.15) is 13.2 Å². The van der Waals surface area contributed by atoms with E-state index in [-0.39, 0.29) is 17.9 Å². The maximum absolute atomic E-state index is 12.7. The summed E-state index contributed by atoms with van der Waals surface area (Å²) in [5.74, 6) is 4.14. The lowest BCUT2D eigenvalue weighted by Gasteiger charge is -2.10. The molecular formula is C16H14F3N3O3. The highest BCUT2D eigenvalue weighted by molar-refractivity contribution is 6.04. The van der Waals surface area contributed by atoms with Crippen molar-refractivity contribution >= 4 is 17.5 Å². The summed E-state index contributed by atoms with van der Waals surface area (Å²) < 4.78 is 43.1. The standard InChI is InChI=1S/C16H14F3N3O3/c17-16(18,19)11-2-1-3-12(8-11)21-15(24)10-4-6-13(7-5-10)25-9-14(23)22-20/h1-8H,9,20H2,(H,21,24)(H,22,23). The molecule has 0 radical (unpaired) electrons. The van der Waals surface area contributed by atoms with Gasteiger partial charge < -0.3 is 10.1 Å². The summed E-state index contributed by atoms with van der Waals surface area (Å²) in [5.41, 5.74) is 1.29. The molecule has 0 heterocycles. The first-order chi connectivity index (χ1) is 11.8. The fourth-order valence-corrected chi connectivity index (χ4v) is 1.87. The Kier molecular flexibility index (Phi) is 5.60. The lowest BCUT2D eigenvalue weighted by molar-refractivity contribution is -0.137. The van der Waals surface area contributed by atoms with E-state index in [1.807, 2.05) is 5.43 Å². The number of carbonyl (C=O) groups is 2. The highest BCUT2D eigenvalue weighted by atomic mass is 19.4. The summed E-state index contributed by atoms with van der Waals surface area (Å²) in [5, 5.41) is 2.39. The van der Waals surface area contributed by atoms with Crippen LogP contribution in [0.25, 0.3) is 0 Å². The van der Waals surface area contributed by atoms with Crippen molar-refractivity contribution in [2.45, 2.75) is 6.18 Å². The molecule has 0 saturated heterocycles. The second-order valence-electron chi connectivity index (χ2n) is 4.91. The first kappa shape index (κ1) is 18.3. The summed E-state index contributed by atoms with van der Waals surface area (Å²) in [6.07, 6.45) is -4.49. The molecule has 0 unspecified atom stereocenters. The van der Waals surface area contributed by atoms with Gasteiger partial charge in [0.15, 0.2) is 6.61 Å². The predicted octanol–water partition coefficient (Wildman–Crippen LogP) is 2.33. The minimum absolute atomic E-state index is 0.0276. The zero-order valence-corrected chi connectivity index (χ0v) is 12.8. The Morgan fingerprint density at radius 2 is 1.76 bits per heavy atom. The highest BCUT2D eigenvalue weighted by Crippen LogP contribution is 2.30. The quantitative estimate of drug-likeness (QED) is 0.437. The summed E-state index contributed by atoms with van der Waals surface area (Å²) >= 11 is 0. The number of halogens is 3. The average molecular weight is 353 g/mol. The fraction of sp³-hybridized carbons (Fsp3) is 0.125. The van der Waals surface area contributed by atoms with Gasteiger partial charge in [-0.25, -0.2) is 5.84 Å². The van der Waals surface area contributed by atoms with Crippen molar-refractivity contribution in [2.75, 3.05) is 11.9 Å². The second kappa shape index (κ2) is 7.67. The molecule has 0 aromatic heterocycles. The number of nitrogens with one attached hydrogen (secondary N) is 2. The molecular weight excluding hydrogens is 339 g/mol. The van der Waals surface area contributed by atoms with E-state index in [0.717, 1.165) is 12.1 Å². The third-order valence-corrected chi connectivity index (χ3v) is 3.10. The maximum Gasteiger partial charge on any atom is 0.416 e. The number of hydrogen-bond donors (Lipinski definition) is 3. The van der Waals surface area contributed by atoms with Crippen LogP contribution in [0, 0.1) is 0 Å². The first-order valence-corrected chi connectivity index (χ1v) is 7.00. The van der Waals surface area contributed by atoms with Crippen molar-refractivity contribution in [3.63, 3.8) is 0 Å². The Morgan fingerprint density at radius 3 is 2.36 bits per heavy atom. The molecule has 132 valence electrons. The van der Waals surface area contributed by atoms with Crippen LogP contribution in [0.3, 0.4) is 0 Å². The summed E-state index contributed by atoms with van der Waals surface area (Å²) in [7, 11) is 0. The second-order valence-corrected chi connectivity index (χ2v) is 4.91. The molecule has 0 aliphatic carbocycles. The normalized spacial score (nSPS) is 10.9. The largest absolute Gasteiger partial charge is 0.484 e. The number of hydrazine groups is 1. The van der Waals surface area contributed by atoms with Crippen LogP contribution in [0.4, 0.5) is 18.9 Å². The smallest absolute Gasteiger partial charge is 0.416 e. The molecule has 0 aliphatic rings. The molecule has 6 nitrogen and oxygen atoms in total. The zero-order chi connectivity index (χ0) is 18.4. The van der Waals surface area contributed by atoms with Gasteiger partial charge in [-0.3, -0.25) is 15.0 Å². The van der Waals surface area contributed by atoms with Crippen molar-refractivity contribution in [2.24, 2.45) is 5.84 Å². The number of nitrogens with two attached hydrogens (primary N) is 1. The summed E-state index contributed by atoms with van der Waals surface area (Å²) in [4.78, 5) is 23.0. The van der Waals surface area contributed by atoms with Gasteiger partial charge in [-0.15, -0.1) is 0 Å². The van der Waals surface area contributed by atoms with Crippen LogP contribution in [0.5, 0.6) is 5.75 Å². The van der Waals surface area contributed by atoms with E-state index in [2.05, 4.69) is 5.32 Å². The molecule has 0 atom stereocenters. The van der Waals surface area contributed by atoms with E-state index in [9.17, 15) is 22.8 Å². The molecule has 2 amide bonds. The SMILES string of the molecule is NNC(=O)COc1ccc(C(=O)Nc2cccc(C(F)(F)F)c2)cc1. The molecule has 25 heavy (non-hydrogen) atoms. The minimum Gasteiger partial charge on any atom is -0.484 e. The zero-order valence-electron chi connectivity index (χ0n) is 12.8. The molecule has 0 aliphatic heterocycles. The van der Waals surface area contributed by atoms with Gasteiger partial charge in [0.1, 0.15) is 5.75 Å². The van der Waals surface area contributed by atoms with Crippen molar-refractivity contribution in [3.05, 3.63) is 59.7 Å². The molecule has 2 aromatic rings. The molecule has 0 spiro atoms. The van der Waals surface area contributed by atoms with E-state index in [1.54, 1.807) is 0 Å². The van der Waals surface area contributed by atoms with Crippen LogP contribution in [-0.2, 0) is 11.0 Å². The van der Waals surface area contributed by atoms with Gasteiger partial charge in [0.05, 0.1) is 5.56 Å². The fourth-order valence-electron chi connectivity index (χ4n) is 1.87. The molecule has 4 N–H and O–H groups in total. The molecule has 2 rings (SSSR count). The van der Waals surface area contributed by atoms with E-state index in [0.29, 0.717) is 5.75 Å². The van der Waals surface area contributed by atoms with Gasteiger partial charge in [0, 0.05) is 11.3 Å². The number of benzene rings is 2. The lowest BCUT2D eigenvalue weighted by atomic mass is 10.1. The third kappa shape index (κ3) is 5.21. The van der Waals surface area contributed by atoms with Crippen molar-refractivity contribution < 1.29 is 27.5 Å². The first-order valence-electron chi connectivity index (χ1n) is 7.00. The van der Waals surface area contributed by atoms with Gasteiger partial charge in [-0.1, -0.05) is 6.07 Å². The Morgan fingerprint density at radius 1 is 1.08 bits per heavy atom. The van der Waals surface area contributed by atoms with Crippen LogP contribution in [0.1, 0.15) is 15.9 Å². The number of hydrogen-bond acceptors (Lipinski definition) is 4. The summed E-state index contributed by atoms with van der Waals surface area (Å²) in [6, 6.07) is 10.1. The van der Waals surface area contributed by atoms with Crippen LogP contribution >= 0.6 is 0 Å². The van der Waals surface area contributed by atoms with Crippen LogP contribution in [-0.4, -0.2) is 18.4 Å². The van der Waals surface area contributed by atoms with E-state index < -0.39 is 23.6 Å². The topological polar surface area (TPSA) is 93.4 Å². The van der Waals surface area contributed by atoms with Gasteiger partial charge >= 0.3 is 6.18 Å². The van der Waals surface area contributed by atoms with E-state index >= 15 is 0 Å². The van der Waals surface area contributed by atoms with Crippen molar-refractivity contribution in [1.29, 1.82) is 0 Å². The van der Waals surface area contributed by atoms with Crippen LogP contribution in [0.2, 0.25) is 0 Å². The molecule has 2 aromatic carbocycles. The number of amides is 2. The number of anilines is 1. The Hall–Kier alpha value is -3.07. The molecule has 9 heteroatoms. The Bertz CT molecular complexity index is 761. The van der Waals surface area contributed by atoms with Crippen LogP contribution in [0.15, 0.2) is 48.5 Å². The van der Waals surface area contributed by atoms with E-state index in [1.165, 1.54) is 36.4 Å². The van der Waals surface area contributed by atoms with Gasteiger partial charge in [-0.05, 0) is 42.5 Å².